The van der Waals surface area contributed by atoms with Crippen LogP contribution in [0.2, 0.25) is 0 Å². The Morgan fingerprint density at radius 2 is 1.60 bits per heavy atom. The van der Waals surface area contributed by atoms with Gasteiger partial charge in [-0.2, -0.15) is 0 Å². The average molecular weight is 324 g/mol. The van der Waals surface area contributed by atoms with Gasteiger partial charge in [0.1, 0.15) is 0 Å². The summed E-state index contributed by atoms with van der Waals surface area (Å²) in [6, 6.07) is 0. The minimum Gasteiger partial charge on any atom is -0.378 e. The molecule has 2 atom stereocenters. The van der Waals surface area contributed by atoms with Crippen LogP contribution in [-0.4, -0.2) is 29.3 Å². The fraction of sp³-hybridized carbons (Fsp3) is 1.00. The molecule has 0 radical (unpaired) electrons. The van der Waals surface area contributed by atoms with Crippen LogP contribution in [0.15, 0.2) is 0 Å². The molecule has 0 N–H and O–H groups in total. The third-order valence-corrected chi connectivity index (χ3v) is 4.54. The molecular formula is C12H21IO2. The highest BCUT2D eigenvalue weighted by Gasteiger charge is 2.29. The first kappa shape index (κ1) is 12.1. The Bertz CT molecular complexity index is 178. The van der Waals surface area contributed by atoms with Crippen molar-refractivity contribution in [2.24, 2.45) is 0 Å². The van der Waals surface area contributed by atoms with Crippen molar-refractivity contribution in [3.63, 3.8) is 0 Å². The Morgan fingerprint density at radius 3 is 2.20 bits per heavy atom. The highest BCUT2D eigenvalue weighted by Crippen LogP contribution is 2.25. The summed E-state index contributed by atoms with van der Waals surface area (Å²) in [5, 5.41) is 0. The van der Waals surface area contributed by atoms with Gasteiger partial charge in [0.15, 0.2) is 0 Å². The minimum atomic E-state index is 0.357. The summed E-state index contributed by atoms with van der Waals surface area (Å²) < 4.78 is 12.2. The quantitative estimate of drug-likeness (QED) is 0.573. The van der Waals surface area contributed by atoms with E-state index in [1.165, 1.54) is 44.9 Å². The molecular weight excluding hydrogens is 303 g/mol. The highest BCUT2D eigenvalue weighted by atomic mass is 127. The van der Waals surface area contributed by atoms with Crippen LogP contribution in [0.25, 0.3) is 0 Å². The maximum atomic E-state index is 6.17. The third-order valence-electron chi connectivity index (χ3n) is 3.38. The molecule has 0 aromatic rings. The summed E-state index contributed by atoms with van der Waals surface area (Å²) in [6.07, 6.45) is 10.3. The second-order valence-corrected chi connectivity index (χ2v) is 6.30. The van der Waals surface area contributed by atoms with E-state index in [0.717, 1.165) is 13.2 Å². The molecule has 15 heavy (non-hydrogen) atoms. The third kappa shape index (κ3) is 3.86. The molecule has 1 aliphatic carbocycles. The summed E-state index contributed by atoms with van der Waals surface area (Å²) in [5.41, 5.74) is 0. The van der Waals surface area contributed by atoms with Gasteiger partial charge in [0.2, 0.25) is 0 Å². The molecule has 2 unspecified atom stereocenters. The molecule has 0 spiro atoms. The van der Waals surface area contributed by atoms with Crippen LogP contribution in [0.1, 0.15) is 44.9 Å². The van der Waals surface area contributed by atoms with E-state index in [1.54, 1.807) is 0 Å². The number of alkyl halides is 1. The topological polar surface area (TPSA) is 18.5 Å². The van der Waals surface area contributed by atoms with Crippen molar-refractivity contribution >= 4 is 22.6 Å². The molecule has 88 valence electrons. The largest absolute Gasteiger partial charge is 0.378 e. The van der Waals surface area contributed by atoms with Gasteiger partial charge in [-0.15, -0.1) is 0 Å². The Kier molecular flexibility index (Phi) is 5.17. The molecule has 0 aromatic carbocycles. The van der Waals surface area contributed by atoms with Gasteiger partial charge < -0.3 is 9.47 Å². The lowest BCUT2D eigenvalue weighted by Gasteiger charge is -2.24. The maximum Gasteiger partial charge on any atom is 0.0951 e. The molecule has 1 saturated carbocycles. The van der Waals surface area contributed by atoms with Crippen molar-refractivity contribution in [1.82, 2.24) is 0 Å². The molecule has 3 heteroatoms. The lowest BCUT2D eigenvalue weighted by atomic mass is 9.98. The minimum absolute atomic E-state index is 0.357. The second kappa shape index (κ2) is 6.40. The van der Waals surface area contributed by atoms with Crippen LogP contribution in [0.3, 0.4) is 0 Å². The molecule has 0 amide bonds. The van der Waals surface area contributed by atoms with Crippen molar-refractivity contribution in [1.29, 1.82) is 0 Å². The van der Waals surface area contributed by atoms with E-state index in [9.17, 15) is 0 Å². The Balaban J connectivity index is 1.75. The predicted octanol–water partition coefficient (Wildman–Crippen LogP) is 3.32. The van der Waals surface area contributed by atoms with Gasteiger partial charge in [-0.1, -0.05) is 54.7 Å². The van der Waals surface area contributed by atoms with E-state index in [1.807, 2.05) is 0 Å². The molecule has 2 nitrogen and oxygen atoms in total. The van der Waals surface area contributed by atoms with Crippen LogP contribution in [-0.2, 0) is 9.47 Å². The van der Waals surface area contributed by atoms with Crippen LogP contribution in [0.5, 0.6) is 0 Å². The van der Waals surface area contributed by atoms with E-state index < -0.39 is 0 Å². The molecule has 2 rings (SSSR count). The van der Waals surface area contributed by atoms with Gasteiger partial charge in [-0.05, 0) is 12.8 Å². The molecule has 1 aliphatic heterocycles. The standard InChI is InChI=1S/C12H21IO2/c13-11-8-14-9-12(11)15-10-6-4-2-1-3-5-7-10/h10-12H,1-9H2. The fourth-order valence-corrected chi connectivity index (χ4v) is 3.07. The monoisotopic (exact) mass is 324 g/mol. The number of halogens is 1. The first-order valence-corrected chi connectivity index (χ1v) is 7.48. The van der Waals surface area contributed by atoms with Crippen molar-refractivity contribution < 1.29 is 9.47 Å². The van der Waals surface area contributed by atoms with E-state index in [2.05, 4.69) is 22.6 Å². The van der Waals surface area contributed by atoms with Gasteiger partial charge in [-0.25, -0.2) is 0 Å². The van der Waals surface area contributed by atoms with E-state index in [-0.39, 0.29) is 0 Å². The normalized spacial score (nSPS) is 35.0. The zero-order valence-corrected chi connectivity index (χ0v) is 11.4. The summed E-state index contributed by atoms with van der Waals surface area (Å²) in [5.74, 6) is 0. The van der Waals surface area contributed by atoms with Crippen molar-refractivity contribution in [3.05, 3.63) is 0 Å². The number of ether oxygens (including phenoxy) is 2. The highest BCUT2D eigenvalue weighted by molar-refractivity contribution is 14.1. The Hall–Kier alpha value is 0.650. The lowest BCUT2D eigenvalue weighted by molar-refractivity contribution is -0.0242. The molecule has 0 aromatic heterocycles. The molecule has 2 aliphatic rings. The van der Waals surface area contributed by atoms with Gasteiger partial charge in [0.25, 0.3) is 0 Å². The Labute approximate surface area is 106 Å². The van der Waals surface area contributed by atoms with Crippen molar-refractivity contribution in [2.75, 3.05) is 13.2 Å². The van der Waals surface area contributed by atoms with E-state index >= 15 is 0 Å². The van der Waals surface area contributed by atoms with Gasteiger partial charge in [0.05, 0.1) is 29.3 Å². The Morgan fingerprint density at radius 1 is 0.933 bits per heavy atom. The van der Waals surface area contributed by atoms with Crippen molar-refractivity contribution in [2.45, 2.75) is 61.1 Å². The molecule has 1 heterocycles. The summed E-state index contributed by atoms with van der Waals surface area (Å²) in [6.45, 7) is 1.68. The SMILES string of the molecule is IC1COCC1OC1CCCCCCC1. The van der Waals surface area contributed by atoms with Gasteiger partial charge in [-0.3, -0.25) is 0 Å². The van der Waals surface area contributed by atoms with Crippen molar-refractivity contribution in [3.8, 4) is 0 Å². The predicted molar refractivity (Wildman–Crippen MR) is 69.6 cm³/mol. The van der Waals surface area contributed by atoms with Gasteiger partial charge >= 0.3 is 0 Å². The van der Waals surface area contributed by atoms with Crippen LogP contribution < -0.4 is 0 Å². The summed E-state index contributed by atoms with van der Waals surface area (Å²) in [4.78, 5) is 0. The maximum absolute atomic E-state index is 6.17. The van der Waals surface area contributed by atoms with Gasteiger partial charge in [0, 0.05) is 0 Å². The summed E-state index contributed by atoms with van der Waals surface area (Å²) >= 11 is 2.46. The first-order chi connectivity index (χ1) is 7.36. The van der Waals surface area contributed by atoms with Crippen LogP contribution >= 0.6 is 22.6 Å². The fourth-order valence-electron chi connectivity index (χ4n) is 2.44. The smallest absolute Gasteiger partial charge is 0.0951 e. The van der Waals surface area contributed by atoms with Crippen LogP contribution in [0, 0.1) is 0 Å². The number of rotatable bonds is 2. The average Bonchev–Trinajstić information content (AvgIpc) is 2.56. The molecule has 0 bridgehead atoms. The lowest BCUT2D eigenvalue weighted by Crippen LogP contribution is -2.28. The van der Waals surface area contributed by atoms with E-state index in [4.69, 9.17) is 9.47 Å². The molecule has 1 saturated heterocycles. The van der Waals surface area contributed by atoms with Crippen LogP contribution in [0.4, 0.5) is 0 Å². The second-order valence-electron chi connectivity index (χ2n) is 4.70. The summed E-state index contributed by atoms with van der Waals surface area (Å²) in [7, 11) is 0. The number of hydrogen-bond donors (Lipinski definition) is 0. The zero-order chi connectivity index (χ0) is 10.5. The zero-order valence-electron chi connectivity index (χ0n) is 9.29. The molecule has 2 fully saturated rings. The first-order valence-electron chi connectivity index (χ1n) is 6.23. The number of hydrogen-bond acceptors (Lipinski definition) is 2. The van der Waals surface area contributed by atoms with E-state index in [0.29, 0.717) is 16.1 Å².